The van der Waals surface area contributed by atoms with E-state index < -0.39 is 17.7 Å². The summed E-state index contributed by atoms with van der Waals surface area (Å²) in [6, 6.07) is 5.90. The lowest BCUT2D eigenvalue weighted by Crippen LogP contribution is -2.18. The van der Waals surface area contributed by atoms with Crippen LogP contribution < -0.4 is 0 Å². The molecule has 4 nitrogen and oxygen atoms in total. The first-order valence-corrected chi connectivity index (χ1v) is 7.02. The molecular formula is C15H16ClFN2O2. The molecule has 0 bridgehead atoms. The van der Waals surface area contributed by atoms with Crippen LogP contribution in [0.3, 0.4) is 0 Å². The van der Waals surface area contributed by atoms with Crippen LogP contribution in [0.5, 0.6) is 0 Å². The molecule has 21 heavy (non-hydrogen) atoms. The molecule has 1 heterocycles. The summed E-state index contributed by atoms with van der Waals surface area (Å²) in [7, 11) is 0. The zero-order chi connectivity index (χ0) is 15.6. The molecule has 1 aromatic carbocycles. The summed E-state index contributed by atoms with van der Waals surface area (Å²) in [5.41, 5.74) is 1.42. The van der Waals surface area contributed by atoms with E-state index in [-0.39, 0.29) is 12.0 Å². The van der Waals surface area contributed by atoms with E-state index in [9.17, 15) is 14.3 Å². The number of aliphatic carboxylic acids is 1. The average molecular weight is 311 g/mol. The van der Waals surface area contributed by atoms with Gasteiger partial charge >= 0.3 is 5.97 Å². The number of hydrogen-bond donors (Lipinski definition) is 1. The van der Waals surface area contributed by atoms with Gasteiger partial charge in [0, 0.05) is 18.5 Å². The van der Waals surface area contributed by atoms with E-state index in [0.29, 0.717) is 23.0 Å². The van der Waals surface area contributed by atoms with Crippen molar-refractivity contribution >= 4 is 17.6 Å². The molecule has 112 valence electrons. The van der Waals surface area contributed by atoms with Gasteiger partial charge < -0.3 is 5.11 Å². The molecule has 0 aliphatic carbocycles. The zero-order valence-electron chi connectivity index (χ0n) is 11.8. The third kappa shape index (κ3) is 3.08. The lowest BCUT2D eigenvalue weighted by molar-refractivity contribution is -0.138. The number of benzene rings is 1. The van der Waals surface area contributed by atoms with E-state index in [2.05, 4.69) is 5.10 Å². The second-order valence-electron chi connectivity index (χ2n) is 4.78. The Morgan fingerprint density at radius 2 is 2.14 bits per heavy atom. The summed E-state index contributed by atoms with van der Waals surface area (Å²) in [6.07, 6.45) is 0.101. The molecule has 1 unspecified atom stereocenters. The van der Waals surface area contributed by atoms with Crippen molar-refractivity contribution < 1.29 is 14.3 Å². The third-order valence-electron chi connectivity index (χ3n) is 3.43. The Bertz CT molecular complexity index is 670. The van der Waals surface area contributed by atoms with Crippen LogP contribution in [0.25, 0.3) is 0 Å². The van der Waals surface area contributed by atoms with Crippen LogP contribution in [0.1, 0.15) is 29.8 Å². The largest absolute Gasteiger partial charge is 0.481 e. The van der Waals surface area contributed by atoms with E-state index >= 15 is 0 Å². The highest BCUT2D eigenvalue weighted by Crippen LogP contribution is 2.29. The zero-order valence-corrected chi connectivity index (χ0v) is 12.6. The van der Waals surface area contributed by atoms with Crippen molar-refractivity contribution in [1.82, 2.24) is 9.78 Å². The second-order valence-corrected chi connectivity index (χ2v) is 5.16. The molecular weight excluding hydrogens is 295 g/mol. The minimum Gasteiger partial charge on any atom is -0.481 e. The highest BCUT2D eigenvalue weighted by Gasteiger charge is 2.26. The SMILES string of the molecule is CCn1nc(C)c(Cl)c1CC(C(=O)O)c1ccccc1F. The molecule has 1 aromatic heterocycles. The fourth-order valence-corrected chi connectivity index (χ4v) is 2.56. The lowest BCUT2D eigenvalue weighted by atomic mass is 9.93. The van der Waals surface area contributed by atoms with Crippen LogP contribution in [0, 0.1) is 12.7 Å². The van der Waals surface area contributed by atoms with Crippen LogP contribution in [0.4, 0.5) is 4.39 Å². The van der Waals surface area contributed by atoms with E-state index in [1.165, 1.54) is 18.2 Å². The summed E-state index contributed by atoms with van der Waals surface area (Å²) < 4.78 is 15.5. The van der Waals surface area contributed by atoms with Crippen LogP contribution in [0.15, 0.2) is 24.3 Å². The third-order valence-corrected chi connectivity index (χ3v) is 3.92. The normalized spacial score (nSPS) is 12.4. The van der Waals surface area contributed by atoms with E-state index in [1.807, 2.05) is 6.92 Å². The van der Waals surface area contributed by atoms with Crippen molar-refractivity contribution in [2.75, 3.05) is 0 Å². The molecule has 6 heteroatoms. The van der Waals surface area contributed by atoms with Gasteiger partial charge in [0.1, 0.15) is 5.82 Å². The summed E-state index contributed by atoms with van der Waals surface area (Å²) in [5, 5.41) is 14.1. The summed E-state index contributed by atoms with van der Waals surface area (Å²) in [5.74, 6) is -2.61. The van der Waals surface area contributed by atoms with Gasteiger partial charge in [-0.15, -0.1) is 0 Å². The molecule has 1 atom stereocenters. The number of rotatable bonds is 5. The van der Waals surface area contributed by atoms with E-state index in [4.69, 9.17) is 11.6 Å². The Hall–Kier alpha value is -1.88. The number of halogens is 2. The highest BCUT2D eigenvalue weighted by atomic mass is 35.5. The predicted octanol–water partition coefficient (Wildman–Crippen LogP) is 3.41. The predicted molar refractivity (Wildman–Crippen MR) is 78.1 cm³/mol. The van der Waals surface area contributed by atoms with Gasteiger partial charge in [-0.3, -0.25) is 9.48 Å². The van der Waals surface area contributed by atoms with Crippen molar-refractivity contribution in [3.05, 3.63) is 52.1 Å². The Labute approximate surface area is 127 Å². The van der Waals surface area contributed by atoms with Crippen molar-refractivity contribution in [1.29, 1.82) is 0 Å². The first-order valence-electron chi connectivity index (χ1n) is 6.64. The topological polar surface area (TPSA) is 55.1 Å². The Kier molecular flexibility index (Phi) is 4.63. The number of carbonyl (C=O) groups is 1. The van der Waals surface area contributed by atoms with E-state index in [1.54, 1.807) is 17.7 Å². The number of carboxylic acid groups (broad SMARTS) is 1. The van der Waals surface area contributed by atoms with E-state index in [0.717, 1.165) is 0 Å². The van der Waals surface area contributed by atoms with Gasteiger partial charge in [-0.05, 0) is 19.9 Å². The fraction of sp³-hybridized carbons (Fsp3) is 0.333. The smallest absolute Gasteiger partial charge is 0.311 e. The first kappa shape index (κ1) is 15.5. The molecule has 1 N–H and O–H groups in total. The molecule has 0 saturated heterocycles. The van der Waals surface area contributed by atoms with Crippen LogP contribution >= 0.6 is 11.6 Å². The average Bonchev–Trinajstić information content (AvgIpc) is 2.72. The van der Waals surface area contributed by atoms with Crippen molar-refractivity contribution in [2.24, 2.45) is 0 Å². The maximum atomic E-state index is 13.9. The lowest BCUT2D eigenvalue weighted by Gasteiger charge is -2.14. The molecule has 0 radical (unpaired) electrons. The van der Waals surface area contributed by atoms with Gasteiger partial charge in [-0.1, -0.05) is 29.8 Å². The maximum Gasteiger partial charge on any atom is 0.311 e. The number of nitrogens with zero attached hydrogens (tertiary/aromatic N) is 2. The fourth-order valence-electron chi connectivity index (χ4n) is 2.35. The maximum absolute atomic E-state index is 13.9. The summed E-state index contributed by atoms with van der Waals surface area (Å²) in [4.78, 5) is 11.5. The molecule has 0 aliphatic rings. The van der Waals surface area contributed by atoms with Gasteiger partial charge in [0.25, 0.3) is 0 Å². The Morgan fingerprint density at radius 3 is 2.71 bits per heavy atom. The van der Waals surface area contributed by atoms with Gasteiger partial charge in [-0.25, -0.2) is 4.39 Å². The molecule has 0 fully saturated rings. The van der Waals surface area contributed by atoms with Crippen LogP contribution in [-0.4, -0.2) is 20.9 Å². The van der Waals surface area contributed by atoms with Gasteiger partial charge in [0.05, 0.1) is 22.3 Å². The Balaban J connectivity index is 2.43. The van der Waals surface area contributed by atoms with Gasteiger partial charge in [0.2, 0.25) is 0 Å². The van der Waals surface area contributed by atoms with Crippen molar-refractivity contribution in [3.63, 3.8) is 0 Å². The van der Waals surface area contributed by atoms with Gasteiger partial charge in [-0.2, -0.15) is 5.10 Å². The Morgan fingerprint density at radius 1 is 1.48 bits per heavy atom. The summed E-state index contributed by atoms with van der Waals surface area (Å²) >= 11 is 6.20. The standard InChI is InChI=1S/C15H16ClFN2O2/c1-3-19-13(14(16)9(2)18-19)8-11(15(20)21)10-6-4-5-7-12(10)17/h4-7,11H,3,8H2,1-2H3,(H,20,21). The van der Waals surface area contributed by atoms with Gasteiger partial charge in [0.15, 0.2) is 0 Å². The molecule has 2 aromatic rings. The number of aryl methyl sites for hydroxylation is 2. The molecule has 0 spiro atoms. The minimum atomic E-state index is -1.09. The quantitative estimate of drug-likeness (QED) is 0.920. The molecule has 0 saturated carbocycles. The monoisotopic (exact) mass is 310 g/mol. The van der Waals surface area contributed by atoms with Crippen molar-refractivity contribution in [3.8, 4) is 0 Å². The number of hydrogen-bond acceptors (Lipinski definition) is 2. The first-order chi connectivity index (χ1) is 9.95. The van der Waals surface area contributed by atoms with Crippen LogP contribution in [0.2, 0.25) is 5.02 Å². The number of aromatic nitrogens is 2. The van der Waals surface area contributed by atoms with Crippen molar-refractivity contribution in [2.45, 2.75) is 32.7 Å². The summed E-state index contributed by atoms with van der Waals surface area (Å²) in [6.45, 7) is 4.23. The van der Waals surface area contributed by atoms with Crippen LogP contribution in [-0.2, 0) is 17.8 Å². The number of carboxylic acids is 1. The molecule has 2 rings (SSSR count). The molecule has 0 aliphatic heterocycles. The minimum absolute atomic E-state index is 0.101. The second kappa shape index (κ2) is 6.26. The highest BCUT2D eigenvalue weighted by molar-refractivity contribution is 6.31. The molecule has 0 amide bonds.